The Morgan fingerprint density at radius 2 is 2.15 bits per heavy atom. The summed E-state index contributed by atoms with van der Waals surface area (Å²) in [5.74, 6) is 0.186. The molecular weight excluding hydrogens is 388 g/mol. The van der Waals surface area contributed by atoms with Gasteiger partial charge in [0.2, 0.25) is 11.8 Å². The maximum absolute atomic E-state index is 12.4. The molecule has 0 radical (unpaired) electrons. The zero-order chi connectivity index (χ0) is 18.5. The van der Waals surface area contributed by atoms with E-state index in [-0.39, 0.29) is 18.4 Å². The zero-order valence-electron chi connectivity index (χ0n) is 14.6. The van der Waals surface area contributed by atoms with Gasteiger partial charge >= 0.3 is 0 Å². The molecule has 1 N–H and O–H groups in total. The smallest absolute Gasteiger partial charge is 0.240 e. The van der Waals surface area contributed by atoms with Crippen LogP contribution < -0.4 is 10.2 Å². The van der Waals surface area contributed by atoms with Crippen LogP contribution in [0.2, 0.25) is 5.02 Å². The van der Waals surface area contributed by atoms with E-state index >= 15 is 0 Å². The van der Waals surface area contributed by atoms with E-state index in [1.54, 1.807) is 34.1 Å². The molecule has 0 fully saturated rings. The highest BCUT2D eigenvalue weighted by Gasteiger charge is 2.28. The molecule has 2 amide bonds. The topological polar surface area (TPSA) is 49.4 Å². The van der Waals surface area contributed by atoms with Crippen LogP contribution in [0, 0.1) is 0 Å². The molecule has 0 atom stereocenters. The second kappa shape index (κ2) is 8.93. The number of benzene rings is 1. The molecule has 2 aromatic rings. The molecule has 138 valence electrons. The molecule has 2 heterocycles. The summed E-state index contributed by atoms with van der Waals surface area (Å²) in [6, 6.07) is 9.48. The van der Waals surface area contributed by atoms with Crippen molar-refractivity contribution < 1.29 is 9.59 Å². The number of fused-ring (bicyclic) bond motifs is 1. The summed E-state index contributed by atoms with van der Waals surface area (Å²) in [7, 11) is 0. The Morgan fingerprint density at radius 3 is 2.92 bits per heavy atom. The molecule has 1 aliphatic heterocycles. The van der Waals surface area contributed by atoms with Crippen molar-refractivity contribution in [2.75, 3.05) is 17.2 Å². The first-order chi connectivity index (χ1) is 12.6. The van der Waals surface area contributed by atoms with E-state index in [1.807, 2.05) is 18.2 Å². The van der Waals surface area contributed by atoms with Gasteiger partial charge in [-0.15, -0.1) is 23.1 Å². The highest BCUT2D eigenvalue weighted by atomic mass is 35.5. The van der Waals surface area contributed by atoms with Crippen LogP contribution in [0.4, 0.5) is 5.69 Å². The summed E-state index contributed by atoms with van der Waals surface area (Å²) < 4.78 is 1.13. The predicted molar refractivity (Wildman–Crippen MR) is 109 cm³/mol. The van der Waals surface area contributed by atoms with Crippen molar-refractivity contribution in [3.05, 3.63) is 45.8 Å². The van der Waals surface area contributed by atoms with Gasteiger partial charge in [-0.05, 0) is 30.5 Å². The first kappa shape index (κ1) is 19.3. The standard InChI is InChI=1S/C19H21ClN2O2S2/c1-2-3-7-14-9-16-19(26-14)25-12-18(24)22(16)11-17(23)21-10-13-6-4-5-8-15(13)20/h4-6,8-9H,2-3,7,10-12H2,1H3,(H,21,23). The molecule has 4 nitrogen and oxygen atoms in total. The largest absolute Gasteiger partial charge is 0.350 e. The van der Waals surface area contributed by atoms with E-state index in [4.69, 9.17) is 11.6 Å². The number of amides is 2. The zero-order valence-corrected chi connectivity index (χ0v) is 17.0. The van der Waals surface area contributed by atoms with Crippen LogP contribution in [0.3, 0.4) is 0 Å². The summed E-state index contributed by atoms with van der Waals surface area (Å²) in [4.78, 5) is 27.6. The average Bonchev–Trinajstić information content (AvgIpc) is 3.05. The number of hydrogen-bond acceptors (Lipinski definition) is 4. The second-order valence-electron chi connectivity index (χ2n) is 6.13. The van der Waals surface area contributed by atoms with Crippen molar-refractivity contribution in [2.24, 2.45) is 0 Å². The third kappa shape index (κ3) is 4.61. The lowest BCUT2D eigenvalue weighted by Crippen LogP contribution is -2.42. The predicted octanol–water partition coefficient (Wildman–Crippen LogP) is 4.50. The Kier molecular flexibility index (Phi) is 6.62. The van der Waals surface area contributed by atoms with Crippen LogP contribution in [0.15, 0.2) is 34.5 Å². The van der Waals surface area contributed by atoms with Gasteiger partial charge in [-0.25, -0.2) is 0 Å². The van der Waals surface area contributed by atoms with Crippen LogP contribution in [-0.2, 0) is 22.6 Å². The van der Waals surface area contributed by atoms with Gasteiger partial charge in [0.1, 0.15) is 6.54 Å². The molecule has 0 unspecified atom stereocenters. The Hall–Kier alpha value is -1.50. The Morgan fingerprint density at radius 1 is 1.35 bits per heavy atom. The third-order valence-corrected chi connectivity index (χ3v) is 6.98. The summed E-state index contributed by atoms with van der Waals surface area (Å²) in [6.45, 7) is 2.57. The SMILES string of the molecule is CCCCc1cc2c(s1)SCC(=O)N2CC(=O)NCc1ccccc1Cl. The molecule has 0 saturated heterocycles. The van der Waals surface area contributed by atoms with Gasteiger partial charge in [-0.1, -0.05) is 43.1 Å². The van der Waals surface area contributed by atoms with E-state index in [1.165, 1.54) is 4.88 Å². The van der Waals surface area contributed by atoms with Gasteiger partial charge < -0.3 is 10.2 Å². The fraction of sp³-hybridized carbons (Fsp3) is 0.368. The molecule has 0 aliphatic carbocycles. The molecule has 0 bridgehead atoms. The van der Waals surface area contributed by atoms with Gasteiger partial charge in [0.15, 0.2) is 0 Å². The fourth-order valence-corrected chi connectivity index (χ4v) is 5.32. The van der Waals surface area contributed by atoms with Crippen molar-refractivity contribution in [2.45, 2.75) is 36.9 Å². The Labute approximate surface area is 166 Å². The summed E-state index contributed by atoms with van der Waals surface area (Å²) >= 11 is 9.43. The minimum Gasteiger partial charge on any atom is -0.350 e. The number of nitrogens with one attached hydrogen (secondary N) is 1. The molecule has 1 aromatic heterocycles. The number of aryl methyl sites for hydroxylation is 1. The highest BCUT2D eigenvalue weighted by Crippen LogP contribution is 2.42. The summed E-state index contributed by atoms with van der Waals surface area (Å²) in [5, 5.41) is 3.48. The van der Waals surface area contributed by atoms with Crippen molar-refractivity contribution >= 4 is 52.2 Å². The van der Waals surface area contributed by atoms with Crippen molar-refractivity contribution in [3.8, 4) is 0 Å². The molecule has 1 aromatic carbocycles. The number of nitrogens with zero attached hydrogens (tertiary/aromatic N) is 1. The molecular formula is C19H21ClN2O2S2. The maximum atomic E-state index is 12.4. The number of halogens is 1. The fourth-order valence-electron chi connectivity index (χ4n) is 2.73. The number of thiophene rings is 1. The molecule has 0 saturated carbocycles. The number of hydrogen-bond donors (Lipinski definition) is 1. The van der Waals surface area contributed by atoms with Gasteiger partial charge in [-0.2, -0.15) is 0 Å². The highest BCUT2D eigenvalue weighted by molar-refractivity contribution is 8.02. The van der Waals surface area contributed by atoms with Crippen molar-refractivity contribution in [1.29, 1.82) is 0 Å². The lowest BCUT2D eigenvalue weighted by Gasteiger charge is -2.26. The van der Waals surface area contributed by atoms with E-state index in [9.17, 15) is 9.59 Å². The van der Waals surface area contributed by atoms with Crippen molar-refractivity contribution in [3.63, 3.8) is 0 Å². The van der Waals surface area contributed by atoms with Gasteiger partial charge in [0.05, 0.1) is 15.6 Å². The van der Waals surface area contributed by atoms with Gasteiger partial charge in [-0.3, -0.25) is 9.59 Å². The molecule has 0 spiro atoms. The van der Waals surface area contributed by atoms with Crippen LogP contribution in [-0.4, -0.2) is 24.1 Å². The van der Waals surface area contributed by atoms with Crippen LogP contribution in [0.1, 0.15) is 30.2 Å². The number of carbonyl (C=O) groups excluding carboxylic acids is 2. The summed E-state index contributed by atoms with van der Waals surface area (Å²) in [5.41, 5.74) is 1.75. The maximum Gasteiger partial charge on any atom is 0.240 e. The minimum absolute atomic E-state index is 0.0183. The number of rotatable bonds is 7. The van der Waals surface area contributed by atoms with E-state index in [0.717, 1.165) is 34.7 Å². The number of unbranched alkanes of at least 4 members (excludes halogenated alkanes) is 1. The first-order valence-electron chi connectivity index (χ1n) is 8.64. The van der Waals surface area contributed by atoms with Crippen molar-refractivity contribution in [1.82, 2.24) is 5.32 Å². The number of thioether (sulfide) groups is 1. The number of carbonyl (C=O) groups is 2. The first-order valence-corrected chi connectivity index (χ1v) is 10.8. The normalized spacial score (nSPS) is 13.6. The van der Waals surface area contributed by atoms with Gasteiger partial charge in [0, 0.05) is 16.4 Å². The lowest BCUT2D eigenvalue weighted by atomic mass is 10.2. The van der Waals surface area contributed by atoms with Crippen LogP contribution >= 0.6 is 34.7 Å². The lowest BCUT2D eigenvalue weighted by molar-refractivity contribution is -0.123. The summed E-state index contributed by atoms with van der Waals surface area (Å²) in [6.07, 6.45) is 3.30. The minimum atomic E-state index is -0.183. The molecule has 3 rings (SSSR count). The van der Waals surface area contributed by atoms with Crippen LogP contribution in [0.5, 0.6) is 0 Å². The molecule has 7 heteroatoms. The second-order valence-corrected chi connectivity index (χ2v) is 8.91. The Bertz CT molecular complexity index is 807. The van der Waals surface area contributed by atoms with Gasteiger partial charge in [0.25, 0.3) is 0 Å². The number of anilines is 1. The average molecular weight is 409 g/mol. The van der Waals surface area contributed by atoms with E-state index in [2.05, 4.69) is 18.3 Å². The van der Waals surface area contributed by atoms with E-state index < -0.39 is 0 Å². The molecule has 26 heavy (non-hydrogen) atoms. The van der Waals surface area contributed by atoms with E-state index in [0.29, 0.717) is 17.3 Å². The monoisotopic (exact) mass is 408 g/mol. The quantitative estimate of drug-likeness (QED) is 0.733. The molecule has 1 aliphatic rings. The third-order valence-electron chi connectivity index (χ3n) is 4.16. The van der Waals surface area contributed by atoms with Crippen LogP contribution in [0.25, 0.3) is 0 Å². The Balaban J connectivity index is 1.65.